The summed E-state index contributed by atoms with van der Waals surface area (Å²) in [6.45, 7) is 3.73. The molecule has 6 nitrogen and oxygen atoms in total. The molecule has 37 heavy (non-hydrogen) atoms. The fraction of sp³-hybridized carbons (Fsp3) is 0.129. The molecule has 0 bridgehead atoms. The molecule has 0 aliphatic rings. The number of aromatic nitrogens is 3. The van der Waals surface area contributed by atoms with Crippen molar-refractivity contribution >= 4 is 38.4 Å². The van der Waals surface area contributed by atoms with E-state index >= 15 is 0 Å². The Balaban J connectivity index is 1.59. The first-order chi connectivity index (χ1) is 17.9. The van der Waals surface area contributed by atoms with Gasteiger partial charge in [-0.05, 0) is 49.7 Å². The van der Waals surface area contributed by atoms with E-state index in [0.717, 1.165) is 49.5 Å². The molecule has 180 valence electrons. The SMILES string of the molecule is CC(C)(O)CNc1cc(-n2c3ccccc3c3c(-c4cnc5ccccc5c4)cccc32)cnc1C#N. The molecule has 0 aliphatic heterocycles. The molecule has 0 aliphatic carbocycles. The van der Waals surface area contributed by atoms with Crippen molar-refractivity contribution in [2.75, 3.05) is 11.9 Å². The molecule has 3 heterocycles. The van der Waals surface area contributed by atoms with Crippen LogP contribution >= 0.6 is 0 Å². The number of anilines is 1. The molecule has 0 spiro atoms. The summed E-state index contributed by atoms with van der Waals surface area (Å²) in [5.41, 5.74) is 5.97. The van der Waals surface area contributed by atoms with Gasteiger partial charge >= 0.3 is 0 Å². The van der Waals surface area contributed by atoms with Gasteiger partial charge in [-0.25, -0.2) is 4.98 Å². The van der Waals surface area contributed by atoms with Gasteiger partial charge in [-0.2, -0.15) is 5.26 Å². The third-order valence-corrected chi connectivity index (χ3v) is 6.55. The average Bonchev–Trinajstić information content (AvgIpc) is 3.25. The maximum atomic E-state index is 10.2. The summed E-state index contributed by atoms with van der Waals surface area (Å²) in [6, 6.07) is 29.0. The predicted molar refractivity (Wildman–Crippen MR) is 149 cm³/mol. The van der Waals surface area contributed by atoms with Gasteiger partial charge in [0.2, 0.25) is 0 Å². The lowest BCUT2D eigenvalue weighted by atomic mass is 9.99. The summed E-state index contributed by atoms with van der Waals surface area (Å²) >= 11 is 0. The Morgan fingerprint density at radius 3 is 2.54 bits per heavy atom. The van der Waals surface area contributed by atoms with Crippen LogP contribution in [0.5, 0.6) is 0 Å². The average molecular weight is 484 g/mol. The van der Waals surface area contributed by atoms with Crippen LogP contribution < -0.4 is 5.32 Å². The smallest absolute Gasteiger partial charge is 0.163 e. The van der Waals surface area contributed by atoms with Crippen LogP contribution in [0.25, 0.3) is 49.5 Å². The van der Waals surface area contributed by atoms with E-state index in [0.29, 0.717) is 12.2 Å². The fourth-order valence-corrected chi connectivity index (χ4v) is 4.87. The van der Waals surface area contributed by atoms with E-state index in [2.05, 4.69) is 69.5 Å². The van der Waals surface area contributed by atoms with E-state index in [1.807, 2.05) is 36.5 Å². The van der Waals surface area contributed by atoms with Crippen LogP contribution in [0.1, 0.15) is 19.5 Å². The summed E-state index contributed by atoms with van der Waals surface area (Å²) in [5.74, 6) is 0. The minimum absolute atomic E-state index is 0.289. The van der Waals surface area contributed by atoms with Gasteiger partial charge in [-0.3, -0.25) is 4.98 Å². The maximum absolute atomic E-state index is 10.2. The second-order valence-corrected chi connectivity index (χ2v) is 9.84. The Kier molecular flexibility index (Phi) is 5.36. The zero-order valence-electron chi connectivity index (χ0n) is 20.6. The molecule has 6 heteroatoms. The van der Waals surface area contributed by atoms with Crippen molar-refractivity contribution < 1.29 is 5.11 Å². The zero-order valence-corrected chi connectivity index (χ0v) is 20.6. The second-order valence-electron chi connectivity index (χ2n) is 9.84. The molecule has 0 radical (unpaired) electrons. The number of fused-ring (bicyclic) bond motifs is 4. The molecule has 0 atom stereocenters. The normalized spacial score (nSPS) is 11.7. The lowest BCUT2D eigenvalue weighted by Gasteiger charge is -2.19. The van der Waals surface area contributed by atoms with Gasteiger partial charge in [-0.15, -0.1) is 0 Å². The van der Waals surface area contributed by atoms with Gasteiger partial charge in [-0.1, -0.05) is 48.5 Å². The number of hydrogen-bond donors (Lipinski definition) is 2. The van der Waals surface area contributed by atoms with E-state index < -0.39 is 5.60 Å². The van der Waals surface area contributed by atoms with E-state index in [9.17, 15) is 10.4 Å². The summed E-state index contributed by atoms with van der Waals surface area (Å²) in [6.07, 6.45) is 3.66. The number of benzene rings is 3. The summed E-state index contributed by atoms with van der Waals surface area (Å²) in [7, 11) is 0. The number of pyridine rings is 2. The number of aliphatic hydroxyl groups is 1. The molecule has 0 saturated heterocycles. The summed E-state index contributed by atoms with van der Waals surface area (Å²) < 4.78 is 2.17. The predicted octanol–water partition coefficient (Wildman–Crippen LogP) is 6.45. The highest BCUT2D eigenvalue weighted by Gasteiger charge is 2.18. The molecule has 2 N–H and O–H groups in total. The summed E-state index contributed by atoms with van der Waals surface area (Å²) in [5, 5.41) is 26.4. The Labute approximate surface area is 214 Å². The number of para-hydroxylation sites is 2. The van der Waals surface area contributed by atoms with Crippen molar-refractivity contribution in [3.05, 3.63) is 97.0 Å². The minimum Gasteiger partial charge on any atom is -0.389 e. The highest BCUT2D eigenvalue weighted by molar-refractivity contribution is 6.16. The summed E-state index contributed by atoms with van der Waals surface area (Å²) in [4.78, 5) is 9.15. The van der Waals surface area contributed by atoms with Crippen LogP contribution in [-0.4, -0.2) is 31.8 Å². The van der Waals surface area contributed by atoms with Crippen molar-refractivity contribution in [3.8, 4) is 22.9 Å². The van der Waals surface area contributed by atoms with Gasteiger partial charge in [0.1, 0.15) is 6.07 Å². The van der Waals surface area contributed by atoms with E-state index in [1.54, 1.807) is 20.0 Å². The van der Waals surface area contributed by atoms with Crippen LogP contribution in [0.15, 0.2) is 91.3 Å². The van der Waals surface area contributed by atoms with Crippen molar-refractivity contribution in [3.63, 3.8) is 0 Å². The Morgan fingerprint density at radius 2 is 1.70 bits per heavy atom. The van der Waals surface area contributed by atoms with E-state index in [4.69, 9.17) is 4.98 Å². The van der Waals surface area contributed by atoms with Crippen molar-refractivity contribution in [1.29, 1.82) is 5.26 Å². The monoisotopic (exact) mass is 483 g/mol. The molecule has 3 aromatic carbocycles. The number of hydrogen-bond acceptors (Lipinski definition) is 5. The first-order valence-electron chi connectivity index (χ1n) is 12.2. The van der Waals surface area contributed by atoms with Crippen LogP contribution in [0.3, 0.4) is 0 Å². The molecular weight excluding hydrogens is 458 g/mol. The third-order valence-electron chi connectivity index (χ3n) is 6.55. The third kappa shape index (κ3) is 4.06. The van der Waals surface area contributed by atoms with Crippen molar-refractivity contribution in [2.24, 2.45) is 0 Å². The highest BCUT2D eigenvalue weighted by Crippen LogP contribution is 2.39. The topological polar surface area (TPSA) is 86.8 Å². The Morgan fingerprint density at radius 1 is 0.919 bits per heavy atom. The zero-order chi connectivity index (χ0) is 25.6. The number of nitriles is 1. The Hall–Kier alpha value is -4.73. The van der Waals surface area contributed by atoms with Gasteiger partial charge in [0.05, 0.1) is 39.7 Å². The standard InChI is InChI=1S/C31H25N5O/c1-31(2,37)19-35-26-15-22(18-34-27(26)16-32)36-28-12-6-4-9-24(28)30-23(10-7-13-29(30)36)21-14-20-8-3-5-11-25(20)33-17-21/h3-15,17-18,35,37H,19H2,1-2H3. The minimum atomic E-state index is -0.932. The molecule has 0 amide bonds. The highest BCUT2D eigenvalue weighted by atomic mass is 16.3. The lowest BCUT2D eigenvalue weighted by Crippen LogP contribution is -2.29. The van der Waals surface area contributed by atoms with Crippen molar-refractivity contribution in [2.45, 2.75) is 19.4 Å². The largest absolute Gasteiger partial charge is 0.389 e. The maximum Gasteiger partial charge on any atom is 0.163 e. The van der Waals surface area contributed by atoms with Crippen LogP contribution in [0.4, 0.5) is 5.69 Å². The van der Waals surface area contributed by atoms with Crippen LogP contribution in [-0.2, 0) is 0 Å². The molecule has 3 aromatic heterocycles. The molecule has 0 fully saturated rings. The van der Waals surface area contributed by atoms with Crippen molar-refractivity contribution in [1.82, 2.24) is 14.5 Å². The van der Waals surface area contributed by atoms with E-state index in [1.165, 1.54) is 0 Å². The second kappa shape index (κ2) is 8.74. The van der Waals surface area contributed by atoms with Gasteiger partial charge in [0.25, 0.3) is 0 Å². The van der Waals surface area contributed by atoms with Gasteiger partial charge in [0.15, 0.2) is 5.69 Å². The lowest BCUT2D eigenvalue weighted by molar-refractivity contribution is 0.0945. The first-order valence-corrected chi connectivity index (χ1v) is 12.2. The van der Waals surface area contributed by atoms with E-state index in [-0.39, 0.29) is 5.69 Å². The molecule has 0 saturated carbocycles. The number of rotatable bonds is 5. The molecule has 6 rings (SSSR count). The first kappa shape index (κ1) is 22.7. The quantitative estimate of drug-likeness (QED) is 0.294. The molecule has 0 unspecified atom stereocenters. The fourth-order valence-electron chi connectivity index (χ4n) is 4.87. The van der Waals surface area contributed by atoms with Gasteiger partial charge in [0, 0.05) is 34.5 Å². The van der Waals surface area contributed by atoms with Crippen LogP contribution in [0.2, 0.25) is 0 Å². The Bertz CT molecular complexity index is 1840. The van der Waals surface area contributed by atoms with Crippen LogP contribution in [0, 0.1) is 11.3 Å². The van der Waals surface area contributed by atoms with Gasteiger partial charge < -0.3 is 15.0 Å². The molecular formula is C31H25N5O. The number of nitrogens with zero attached hydrogens (tertiary/aromatic N) is 4. The molecule has 6 aromatic rings. The number of nitrogens with one attached hydrogen (secondary N) is 1.